The Morgan fingerprint density at radius 1 is 1.62 bits per heavy atom. The van der Waals surface area contributed by atoms with Crippen LogP contribution in [0.1, 0.15) is 13.3 Å². The van der Waals surface area contributed by atoms with E-state index in [1.165, 1.54) is 16.4 Å². The molecule has 0 saturated heterocycles. The molecule has 0 spiro atoms. The lowest BCUT2D eigenvalue weighted by atomic mass is 10.3. The second-order valence-electron chi connectivity index (χ2n) is 3.22. The molecule has 2 heterocycles. The number of carbonyl (C=O) groups is 1. The molecule has 84 valence electrons. The molecule has 0 bridgehead atoms. The first-order valence-electron chi connectivity index (χ1n) is 4.59. The maximum absolute atomic E-state index is 10.5. The van der Waals surface area contributed by atoms with Crippen LogP contribution in [0.25, 0.3) is 5.65 Å². The minimum absolute atomic E-state index is 0.0427. The molecule has 1 unspecified atom stereocenters. The summed E-state index contributed by atoms with van der Waals surface area (Å²) in [7, 11) is 0. The first-order chi connectivity index (χ1) is 7.65. The lowest BCUT2D eigenvalue weighted by Gasteiger charge is -2.06. The minimum atomic E-state index is -0.816. The maximum atomic E-state index is 10.5. The highest BCUT2D eigenvalue weighted by molar-refractivity contribution is 7.99. The molecule has 0 radical (unpaired) electrons. The highest BCUT2D eigenvalue weighted by atomic mass is 32.2. The van der Waals surface area contributed by atoms with Gasteiger partial charge in [-0.15, -0.1) is 26.6 Å². The van der Waals surface area contributed by atoms with E-state index >= 15 is 0 Å². The van der Waals surface area contributed by atoms with E-state index in [1.807, 2.05) is 6.92 Å². The quantitative estimate of drug-likeness (QED) is 0.775. The van der Waals surface area contributed by atoms with Gasteiger partial charge in [0.25, 0.3) is 0 Å². The largest absolute Gasteiger partial charge is 0.481 e. The van der Waals surface area contributed by atoms with Crippen LogP contribution in [0.15, 0.2) is 17.2 Å². The summed E-state index contributed by atoms with van der Waals surface area (Å²) >= 11 is 1.38. The van der Waals surface area contributed by atoms with Crippen LogP contribution in [0, 0.1) is 0 Å². The number of aromatic nitrogens is 5. The first kappa shape index (κ1) is 10.8. The zero-order valence-corrected chi connectivity index (χ0v) is 9.26. The van der Waals surface area contributed by atoms with Crippen LogP contribution in [0.3, 0.4) is 0 Å². The lowest BCUT2D eigenvalue weighted by molar-refractivity contribution is -0.136. The molecule has 2 aromatic rings. The number of tetrazole rings is 1. The van der Waals surface area contributed by atoms with E-state index in [4.69, 9.17) is 5.11 Å². The predicted octanol–water partition coefficient (Wildman–Crippen LogP) is 0.475. The van der Waals surface area contributed by atoms with Gasteiger partial charge in [-0.25, -0.2) is 0 Å². The molecule has 1 N–H and O–H groups in total. The number of hydrogen-bond donors (Lipinski definition) is 1. The summed E-state index contributed by atoms with van der Waals surface area (Å²) in [6, 6.07) is 3.51. The Hall–Kier alpha value is -1.70. The number of thioether (sulfide) groups is 1. The summed E-state index contributed by atoms with van der Waals surface area (Å²) in [4.78, 5) is 10.5. The van der Waals surface area contributed by atoms with Gasteiger partial charge in [0.05, 0.1) is 6.42 Å². The van der Waals surface area contributed by atoms with Crippen molar-refractivity contribution in [1.82, 2.24) is 25.3 Å². The Morgan fingerprint density at radius 2 is 2.44 bits per heavy atom. The Bertz CT molecular complexity index is 514. The van der Waals surface area contributed by atoms with Crippen molar-refractivity contribution in [3.8, 4) is 0 Å². The molecular formula is C8H9N5O2S. The van der Waals surface area contributed by atoms with Gasteiger partial charge in [0.1, 0.15) is 5.03 Å². The van der Waals surface area contributed by atoms with Crippen molar-refractivity contribution in [2.45, 2.75) is 23.6 Å². The molecule has 0 saturated carbocycles. The molecule has 0 aliphatic heterocycles. The van der Waals surface area contributed by atoms with Crippen molar-refractivity contribution in [3.63, 3.8) is 0 Å². The van der Waals surface area contributed by atoms with Gasteiger partial charge < -0.3 is 5.11 Å². The highest BCUT2D eigenvalue weighted by Gasteiger charge is 2.10. The number of carboxylic acids is 1. The summed E-state index contributed by atoms with van der Waals surface area (Å²) < 4.78 is 1.32. The van der Waals surface area contributed by atoms with Gasteiger partial charge in [0.15, 0.2) is 5.65 Å². The van der Waals surface area contributed by atoms with Crippen LogP contribution in [0.2, 0.25) is 0 Å². The second kappa shape index (κ2) is 4.44. The zero-order chi connectivity index (χ0) is 11.5. The average molecular weight is 239 g/mol. The van der Waals surface area contributed by atoms with Gasteiger partial charge in [-0.2, -0.15) is 0 Å². The SMILES string of the molecule is CC(CC(=O)O)Sc1ccc2nnnn2n1. The van der Waals surface area contributed by atoms with Crippen molar-refractivity contribution in [3.05, 3.63) is 12.1 Å². The molecule has 2 aromatic heterocycles. The van der Waals surface area contributed by atoms with Gasteiger partial charge in [0, 0.05) is 5.25 Å². The smallest absolute Gasteiger partial charge is 0.304 e. The Kier molecular flexibility index (Phi) is 3.00. The van der Waals surface area contributed by atoms with E-state index in [-0.39, 0.29) is 11.7 Å². The fraction of sp³-hybridized carbons (Fsp3) is 0.375. The van der Waals surface area contributed by atoms with Crippen molar-refractivity contribution in [1.29, 1.82) is 0 Å². The molecule has 0 amide bonds. The second-order valence-corrected chi connectivity index (χ2v) is 4.68. The Morgan fingerprint density at radius 3 is 3.19 bits per heavy atom. The van der Waals surface area contributed by atoms with E-state index in [0.29, 0.717) is 10.7 Å². The number of hydrogen-bond acceptors (Lipinski definition) is 6. The predicted molar refractivity (Wildman–Crippen MR) is 56.1 cm³/mol. The van der Waals surface area contributed by atoms with E-state index in [2.05, 4.69) is 20.6 Å². The molecule has 0 aliphatic rings. The van der Waals surface area contributed by atoms with Crippen LogP contribution in [0.5, 0.6) is 0 Å². The summed E-state index contributed by atoms with van der Waals surface area (Å²) in [6.45, 7) is 1.84. The summed E-state index contributed by atoms with van der Waals surface area (Å²) in [5, 5.41) is 24.3. The molecule has 8 heteroatoms. The van der Waals surface area contributed by atoms with E-state index < -0.39 is 5.97 Å². The van der Waals surface area contributed by atoms with Crippen molar-refractivity contribution in [2.24, 2.45) is 0 Å². The zero-order valence-electron chi connectivity index (χ0n) is 8.44. The van der Waals surface area contributed by atoms with Crippen LogP contribution >= 0.6 is 11.8 Å². The third kappa shape index (κ3) is 2.45. The van der Waals surface area contributed by atoms with Crippen molar-refractivity contribution < 1.29 is 9.90 Å². The number of nitrogens with zero attached hydrogens (tertiary/aromatic N) is 5. The summed E-state index contributed by atoms with van der Waals surface area (Å²) in [6.07, 6.45) is 0.0972. The number of rotatable bonds is 4. The molecule has 7 nitrogen and oxygen atoms in total. The fourth-order valence-corrected chi connectivity index (χ4v) is 2.10. The number of fused-ring (bicyclic) bond motifs is 1. The normalized spacial score (nSPS) is 12.8. The molecule has 0 aromatic carbocycles. The molecular weight excluding hydrogens is 230 g/mol. The highest BCUT2D eigenvalue weighted by Crippen LogP contribution is 2.22. The van der Waals surface area contributed by atoms with E-state index in [9.17, 15) is 4.79 Å². The van der Waals surface area contributed by atoms with Gasteiger partial charge in [-0.1, -0.05) is 6.92 Å². The monoisotopic (exact) mass is 239 g/mol. The average Bonchev–Trinajstić information content (AvgIpc) is 2.63. The van der Waals surface area contributed by atoms with Crippen LogP contribution in [-0.2, 0) is 4.79 Å². The molecule has 16 heavy (non-hydrogen) atoms. The molecule has 0 fully saturated rings. The lowest BCUT2D eigenvalue weighted by Crippen LogP contribution is -2.06. The number of aliphatic carboxylic acids is 1. The first-order valence-corrected chi connectivity index (χ1v) is 5.47. The van der Waals surface area contributed by atoms with Crippen LogP contribution in [-0.4, -0.2) is 41.6 Å². The summed E-state index contributed by atoms with van der Waals surface area (Å²) in [5.41, 5.74) is 0.565. The molecule has 1 atom stereocenters. The molecule has 0 aliphatic carbocycles. The van der Waals surface area contributed by atoms with Crippen molar-refractivity contribution >= 4 is 23.4 Å². The van der Waals surface area contributed by atoms with Crippen LogP contribution < -0.4 is 0 Å². The third-order valence-electron chi connectivity index (χ3n) is 1.83. The maximum Gasteiger partial charge on any atom is 0.304 e. The molecule has 2 rings (SSSR count). The van der Waals surface area contributed by atoms with Gasteiger partial charge >= 0.3 is 5.97 Å². The standard InChI is InChI=1S/C8H9N5O2S/c1-5(4-8(14)15)16-7-3-2-6-9-11-12-13(6)10-7/h2-3,5H,4H2,1H3,(H,14,15). The fourth-order valence-electron chi connectivity index (χ4n) is 1.19. The Labute approximate surface area is 94.8 Å². The van der Waals surface area contributed by atoms with E-state index in [0.717, 1.165) is 0 Å². The van der Waals surface area contributed by atoms with Crippen LogP contribution in [0.4, 0.5) is 0 Å². The minimum Gasteiger partial charge on any atom is -0.481 e. The van der Waals surface area contributed by atoms with Gasteiger partial charge in [-0.3, -0.25) is 4.79 Å². The topological polar surface area (TPSA) is 93.3 Å². The summed E-state index contributed by atoms with van der Waals surface area (Å²) in [5.74, 6) is -0.816. The Balaban J connectivity index is 2.11. The third-order valence-corrected chi connectivity index (χ3v) is 2.86. The van der Waals surface area contributed by atoms with Crippen molar-refractivity contribution in [2.75, 3.05) is 0 Å². The van der Waals surface area contributed by atoms with Gasteiger partial charge in [0.2, 0.25) is 0 Å². The van der Waals surface area contributed by atoms with E-state index in [1.54, 1.807) is 12.1 Å². The van der Waals surface area contributed by atoms with Gasteiger partial charge in [-0.05, 0) is 22.6 Å². The number of carboxylic acid groups (broad SMARTS) is 1.